The highest BCUT2D eigenvalue weighted by atomic mass is 14.9. The van der Waals surface area contributed by atoms with Gasteiger partial charge in [0, 0.05) is 23.0 Å². The van der Waals surface area contributed by atoms with E-state index in [1.54, 1.807) is 0 Å². The van der Waals surface area contributed by atoms with Gasteiger partial charge in [-0.15, -0.1) is 0 Å². The summed E-state index contributed by atoms with van der Waals surface area (Å²) < 4.78 is 0. The number of pyridine rings is 1. The van der Waals surface area contributed by atoms with Gasteiger partial charge in [0.15, 0.2) is 0 Å². The topological polar surface area (TPSA) is 24.9 Å². The van der Waals surface area contributed by atoms with Gasteiger partial charge in [0.25, 0.3) is 0 Å². The molecule has 0 saturated heterocycles. The van der Waals surface area contributed by atoms with Crippen molar-refractivity contribution < 1.29 is 0 Å². The minimum Gasteiger partial charge on any atom is -0.314 e. The van der Waals surface area contributed by atoms with Crippen molar-refractivity contribution in [3.05, 3.63) is 42.1 Å². The average Bonchev–Trinajstić information content (AvgIpc) is 2.38. The van der Waals surface area contributed by atoms with Crippen molar-refractivity contribution in [3.8, 4) is 0 Å². The Labute approximate surface area is 116 Å². The van der Waals surface area contributed by atoms with Gasteiger partial charge in [-0.1, -0.05) is 45.0 Å². The smallest absolute Gasteiger partial charge is 0.0705 e. The van der Waals surface area contributed by atoms with Crippen molar-refractivity contribution in [2.45, 2.75) is 39.7 Å². The van der Waals surface area contributed by atoms with E-state index in [9.17, 15) is 0 Å². The molecule has 0 bridgehead atoms. The van der Waals surface area contributed by atoms with E-state index < -0.39 is 0 Å². The molecule has 0 saturated carbocycles. The van der Waals surface area contributed by atoms with Gasteiger partial charge in [0.05, 0.1) is 5.52 Å². The summed E-state index contributed by atoms with van der Waals surface area (Å²) in [7, 11) is 0. The van der Waals surface area contributed by atoms with E-state index >= 15 is 0 Å². The van der Waals surface area contributed by atoms with Crippen LogP contribution in [0.3, 0.4) is 0 Å². The number of fused-ring (bicyclic) bond motifs is 1. The highest BCUT2D eigenvalue weighted by molar-refractivity contribution is 5.78. The summed E-state index contributed by atoms with van der Waals surface area (Å²) in [6.07, 6.45) is 0. The molecule has 1 aromatic heterocycles. The monoisotopic (exact) mass is 256 g/mol. The molecule has 0 amide bonds. The van der Waals surface area contributed by atoms with Crippen molar-refractivity contribution in [2.75, 3.05) is 6.54 Å². The number of hydrogen-bond donors (Lipinski definition) is 1. The molecule has 2 nitrogen and oxygen atoms in total. The van der Waals surface area contributed by atoms with Crippen LogP contribution in [0.2, 0.25) is 0 Å². The van der Waals surface area contributed by atoms with Crippen molar-refractivity contribution in [1.82, 2.24) is 10.3 Å². The minimum atomic E-state index is 0.443. The molecule has 0 aliphatic rings. The largest absolute Gasteiger partial charge is 0.314 e. The molecule has 0 radical (unpaired) electrons. The fourth-order valence-corrected chi connectivity index (χ4v) is 2.89. The van der Waals surface area contributed by atoms with Crippen molar-refractivity contribution in [2.24, 2.45) is 5.92 Å². The first kappa shape index (κ1) is 14.0. The van der Waals surface area contributed by atoms with Crippen LogP contribution in [-0.2, 0) is 0 Å². The Morgan fingerprint density at radius 3 is 2.47 bits per heavy atom. The van der Waals surface area contributed by atoms with Gasteiger partial charge in [-0.05, 0) is 31.5 Å². The van der Waals surface area contributed by atoms with Gasteiger partial charge in [0.2, 0.25) is 0 Å². The molecule has 2 heteroatoms. The molecule has 1 N–H and O–H groups in total. The molecule has 1 heterocycles. The second-order valence-corrected chi connectivity index (χ2v) is 5.54. The first-order valence-corrected chi connectivity index (χ1v) is 7.22. The predicted molar refractivity (Wildman–Crippen MR) is 82.5 cm³/mol. The van der Waals surface area contributed by atoms with Gasteiger partial charge in [0.1, 0.15) is 0 Å². The average molecular weight is 256 g/mol. The molecule has 1 aromatic carbocycles. The van der Waals surface area contributed by atoms with E-state index in [2.05, 4.69) is 69.4 Å². The first-order valence-electron chi connectivity index (χ1n) is 7.22. The first-order chi connectivity index (χ1) is 9.13. The summed E-state index contributed by atoms with van der Waals surface area (Å²) >= 11 is 0. The van der Waals surface area contributed by atoms with Gasteiger partial charge in [-0.25, -0.2) is 0 Å². The summed E-state index contributed by atoms with van der Waals surface area (Å²) in [5, 5.41) is 4.75. The van der Waals surface area contributed by atoms with Gasteiger partial charge in [-0.3, -0.25) is 4.98 Å². The van der Waals surface area contributed by atoms with E-state index in [0.717, 1.165) is 12.1 Å². The second kappa shape index (κ2) is 6.16. The fourth-order valence-electron chi connectivity index (χ4n) is 2.89. The van der Waals surface area contributed by atoms with Gasteiger partial charge >= 0.3 is 0 Å². The van der Waals surface area contributed by atoms with Crippen LogP contribution in [0.25, 0.3) is 10.9 Å². The molecular weight excluding hydrogens is 232 g/mol. The third kappa shape index (κ3) is 3.13. The highest BCUT2D eigenvalue weighted by Gasteiger charge is 2.23. The summed E-state index contributed by atoms with van der Waals surface area (Å²) in [5.41, 5.74) is 2.29. The van der Waals surface area contributed by atoms with E-state index in [0.29, 0.717) is 17.9 Å². The lowest BCUT2D eigenvalue weighted by atomic mass is 9.86. The van der Waals surface area contributed by atoms with Crippen LogP contribution in [0.1, 0.15) is 39.3 Å². The Morgan fingerprint density at radius 1 is 1.05 bits per heavy atom. The minimum absolute atomic E-state index is 0.443. The Bertz CT molecular complexity index is 534. The quantitative estimate of drug-likeness (QED) is 0.875. The maximum absolute atomic E-state index is 4.86. The molecule has 0 aliphatic heterocycles. The molecule has 0 spiro atoms. The maximum atomic E-state index is 4.86. The molecule has 2 rings (SSSR count). The van der Waals surface area contributed by atoms with Crippen LogP contribution in [-0.4, -0.2) is 17.6 Å². The van der Waals surface area contributed by atoms with Crippen LogP contribution >= 0.6 is 0 Å². The van der Waals surface area contributed by atoms with Crippen LogP contribution < -0.4 is 5.32 Å². The molecule has 19 heavy (non-hydrogen) atoms. The Morgan fingerprint density at radius 2 is 1.79 bits per heavy atom. The van der Waals surface area contributed by atoms with Crippen LogP contribution in [0.4, 0.5) is 0 Å². The summed E-state index contributed by atoms with van der Waals surface area (Å²) in [6, 6.07) is 13.1. The molecule has 0 aliphatic carbocycles. The number of nitrogens with one attached hydrogen (secondary N) is 1. The van der Waals surface area contributed by atoms with E-state index in [1.807, 2.05) is 0 Å². The number of hydrogen-bond acceptors (Lipinski definition) is 2. The zero-order valence-electron chi connectivity index (χ0n) is 12.4. The zero-order valence-corrected chi connectivity index (χ0v) is 12.4. The number of benzene rings is 1. The van der Waals surface area contributed by atoms with Gasteiger partial charge in [-0.2, -0.15) is 0 Å². The third-order valence-electron chi connectivity index (χ3n) is 3.74. The molecular formula is C17H24N2. The normalized spacial score (nSPS) is 14.8. The van der Waals surface area contributed by atoms with E-state index in [-0.39, 0.29) is 0 Å². The van der Waals surface area contributed by atoms with Crippen LogP contribution in [0.5, 0.6) is 0 Å². The molecule has 2 aromatic rings. The van der Waals surface area contributed by atoms with Crippen molar-refractivity contribution >= 4 is 10.9 Å². The zero-order chi connectivity index (χ0) is 13.8. The number of nitrogens with zero attached hydrogens (tertiary/aromatic N) is 1. The van der Waals surface area contributed by atoms with Crippen LogP contribution in [0.15, 0.2) is 36.4 Å². The molecule has 0 fully saturated rings. The van der Waals surface area contributed by atoms with E-state index in [4.69, 9.17) is 4.98 Å². The van der Waals surface area contributed by atoms with Crippen LogP contribution in [0, 0.1) is 5.92 Å². The third-order valence-corrected chi connectivity index (χ3v) is 3.74. The number of aromatic nitrogens is 1. The lowest BCUT2D eigenvalue weighted by Gasteiger charge is -2.27. The van der Waals surface area contributed by atoms with Crippen molar-refractivity contribution in [1.29, 1.82) is 0 Å². The van der Waals surface area contributed by atoms with Crippen molar-refractivity contribution in [3.63, 3.8) is 0 Å². The second-order valence-electron chi connectivity index (χ2n) is 5.54. The lowest BCUT2D eigenvalue weighted by Crippen LogP contribution is -2.35. The lowest BCUT2D eigenvalue weighted by molar-refractivity contribution is 0.377. The number of likely N-dealkylation sites (N-methyl/N-ethyl adjacent to an activating group) is 1. The SMILES string of the molecule is CCNC(C)C(c1ccc2ccccc2n1)C(C)C. The molecule has 2 unspecified atom stereocenters. The standard InChI is InChI=1S/C17H24N2/c1-5-18-13(4)17(12(2)3)16-11-10-14-8-6-7-9-15(14)19-16/h6-13,17-18H,5H2,1-4H3. The number of rotatable bonds is 5. The van der Waals surface area contributed by atoms with Gasteiger partial charge < -0.3 is 5.32 Å². The fraction of sp³-hybridized carbons (Fsp3) is 0.471. The molecule has 2 atom stereocenters. The Kier molecular flexibility index (Phi) is 4.54. The maximum Gasteiger partial charge on any atom is 0.0705 e. The number of para-hydroxylation sites is 1. The molecule has 102 valence electrons. The highest BCUT2D eigenvalue weighted by Crippen LogP contribution is 2.28. The Balaban J connectivity index is 2.38. The summed E-state index contributed by atoms with van der Waals surface area (Å²) in [5.74, 6) is 1.02. The predicted octanol–water partition coefficient (Wildman–Crippen LogP) is 3.97. The summed E-state index contributed by atoms with van der Waals surface area (Å²) in [6.45, 7) is 9.95. The Hall–Kier alpha value is -1.41. The van der Waals surface area contributed by atoms with E-state index in [1.165, 1.54) is 11.1 Å². The summed E-state index contributed by atoms with van der Waals surface area (Å²) in [4.78, 5) is 4.86.